The lowest BCUT2D eigenvalue weighted by Crippen LogP contribution is -2.31. The highest BCUT2D eigenvalue weighted by Gasteiger charge is 2.54. The number of benzene rings is 1. The summed E-state index contributed by atoms with van der Waals surface area (Å²) in [6.45, 7) is 7.53. The van der Waals surface area contributed by atoms with Gasteiger partial charge in [0.1, 0.15) is 10.8 Å². The van der Waals surface area contributed by atoms with Crippen LogP contribution in [-0.2, 0) is 16.4 Å². The average molecular weight is 476 g/mol. The van der Waals surface area contributed by atoms with E-state index in [2.05, 4.69) is 33.7 Å². The molecule has 8 nitrogen and oxygen atoms in total. The highest BCUT2D eigenvalue weighted by atomic mass is 35.5. The number of fused-ring (bicyclic) bond motifs is 1. The van der Waals surface area contributed by atoms with E-state index in [1.807, 2.05) is 18.2 Å². The zero-order valence-electron chi connectivity index (χ0n) is 18.0. The van der Waals surface area contributed by atoms with Gasteiger partial charge in [0, 0.05) is 18.5 Å². The van der Waals surface area contributed by atoms with E-state index in [4.69, 9.17) is 11.6 Å². The molecule has 32 heavy (non-hydrogen) atoms. The number of anilines is 3. The number of halogens is 1. The molecule has 3 N–H and O–H groups in total. The minimum atomic E-state index is -3.77. The molecule has 1 aliphatic rings. The van der Waals surface area contributed by atoms with Crippen LogP contribution in [0.5, 0.6) is 0 Å². The van der Waals surface area contributed by atoms with Gasteiger partial charge in [-0.25, -0.2) is 8.42 Å². The van der Waals surface area contributed by atoms with Crippen LogP contribution in [0.25, 0.3) is 11.7 Å². The summed E-state index contributed by atoms with van der Waals surface area (Å²) in [4.78, 5) is 0. The van der Waals surface area contributed by atoms with E-state index in [0.29, 0.717) is 30.0 Å². The molecule has 0 radical (unpaired) electrons. The summed E-state index contributed by atoms with van der Waals surface area (Å²) >= 11 is 6.70. The van der Waals surface area contributed by atoms with Crippen molar-refractivity contribution in [3.05, 3.63) is 52.9 Å². The van der Waals surface area contributed by atoms with Gasteiger partial charge in [-0.15, -0.1) is 10.2 Å². The van der Waals surface area contributed by atoms with Crippen molar-refractivity contribution in [2.75, 3.05) is 16.6 Å². The van der Waals surface area contributed by atoms with Gasteiger partial charge in [-0.2, -0.15) is 0 Å². The lowest BCUT2D eigenvalue weighted by atomic mass is 10.1. The molecule has 10 heteroatoms. The van der Waals surface area contributed by atoms with Crippen LogP contribution in [0.3, 0.4) is 0 Å². The Hall–Kier alpha value is -2.62. The summed E-state index contributed by atoms with van der Waals surface area (Å²) in [5.41, 5.74) is 3.82. The first-order chi connectivity index (χ1) is 15.2. The number of hydrogen-bond acceptors (Lipinski definition) is 6. The number of hydrogen-bond donors (Lipinski definition) is 3. The van der Waals surface area contributed by atoms with Crippen molar-refractivity contribution < 1.29 is 13.5 Å². The molecule has 0 unspecified atom stereocenters. The van der Waals surface area contributed by atoms with Crippen molar-refractivity contribution >= 4 is 50.4 Å². The molecule has 0 amide bonds. The van der Waals surface area contributed by atoms with Crippen LogP contribution >= 0.6 is 11.6 Å². The molecule has 1 aromatic carbocycles. The number of pyridine rings is 1. The highest BCUT2D eigenvalue weighted by Crippen LogP contribution is 2.48. The van der Waals surface area contributed by atoms with Crippen LogP contribution in [0.15, 0.2) is 31.0 Å². The summed E-state index contributed by atoms with van der Waals surface area (Å²) < 4.78 is 29.8. The fraction of sp³-hybridized carbons (Fsp3) is 0.364. The van der Waals surface area contributed by atoms with E-state index in [0.717, 1.165) is 23.2 Å². The summed E-state index contributed by atoms with van der Waals surface area (Å²) in [5, 5.41) is 21.1. The topological polar surface area (TPSA) is 109 Å². The minimum Gasteiger partial charge on any atom is -0.396 e. The summed E-state index contributed by atoms with van der Waals surface area (Å²) in [5.74, 6) is 0.574. The number of aryl methyl sites for hydroxylation is 2. The first-order valence-electron chi connectivity index (χ1n) is 10.4. The Morgan fingerprint density at radius 1 is 1.31 bits per heavy atom. The predicted molar refractivity (Wildman–Crippen MR) is 128 cm³/mol. The fourth-order valence-electron chi connectivity index (χ4n) is 3.80. The number of sulfonamides is 1. The molecule has 0 spiro atoms. The first-order valence-corrected chi connectivity index (χ1v) is 12.3. The van der Waals surface area contributed by atoms with Gasteiger partial charge in [-0.05, 0) is 55.9 Å². The third-order valence-corrected chi connectivity index (χ3v) is 8.60. The van der Waals surface area contributed by atoms with Crippen molar-refractivity contribution in [2.45, 2.75) is 44.3 Å². The standard InChI is InChI=1S/C22H26ClN5O3S/c1-4-15-6-7-17(16(5-2)12-15)24-20-18(13-28-14(3)25-26-21(28)19(20)23)27-32(30,31)22(8-9-22)10-11-29/h5-7,12-13,24,27,29H,2,4,8-11H2,1,3H3. The van der Waals surface area contributed by atoms with Gasteiger partial charge in [0.2, 0.25) is 10.0 Å². The Labute approximate surface area is 192 Å². The van der Waals surface area contributed by atoms with Crippen LogP contribution in [0, 0.1) is 6.92 Å². The number of aliphatic hydroxyl groups excluding tert-OH is 1. The maximum absolute atomic E-state index is 13.2. The predicted octanol–water partition coefficient (Wildman–Crippen LogP) is 4.30. The Balaban J connectivity index is 1.83. The summed E-state index contributed by atoms with van der Waals surface area (Å²) in [6, 6.07) is 5.93. The second kappa shape index (κ2) is 8.38. The van der Waals surface area contributed by atoms with Crippen molar-refractivity contribution in [3.63, 3.8) is 0 Å². The fourth-order valence-corrected chi connectivity index (χ4v) is 5.73. The van der Waals surface area contributed by atoms with Gasteiger partial charge in [-0.3, -0.25) is 9.12 Å². The number of nitrogens with zero attached hydrogens (tertiary/aromatic N) is 3. The summed E-state index contributed by atoms with van der Waals surface area (Å²) in [7, 11) is -3.77. The van der Waals surface area contributed by atoms with E-state index in [1.165, 1.54) is 0 Å². The molecule has 0 aliphatic heterocycles. The van der Waals surface area contributed by atoms with E-state index in [1.54, 1.807) is 23.6 Å². The molecule has 0 bridgehead atoms. The van der Waals surface area contributed by atoms with Crippen molar-refractivity contribution in [3.8, 4) is 0 Å². The third-order valence-electron chi connectivity index (χ3n) is 6.00. The molecule has 0 saturated heterocycles. The first kappa shape index (κ1) is 22.6. The van der Waals surface area contributed by atoms with Crippen LogP contribution < -0.4 is 10.0 Å². The van der Waals surface area contributed by atoms with Gasteiger partial charge in [0.25, 0.3) is 0 Å². The zero-order valence-corrected chi connectivity index (χ0v) is 19.6. The molecule has 2 heterocycles. The van der Waals surface area contributed by atoms with E-state index in [9.17, 15) is 13.5 Å². The zero-order chi connectivity index (χ0) is 23.1. The van der Waals surface area contributed by atoms with Crippen LogP contribution in [0.2, 0.25) is 5.02 Å². The molecular weight excluding hydrogens is 450 g/mol. The number of rotatable bonds is 9. The molecule has 1 saturated carbocycles. The second-order valence-electron chi connectivity index (χ2n) is 8.04. The number of aromatic nitrogens is 3. The number of nitrogens with one attached hydrogen (secondary N) is 2. The van der Waals surface area contributed by atoms with Gasteiger partial charge in [0.15, 0.2) is 5.65 Å². The van der Waals surface area contributed by atoms with E-state index >= 15 is 0 Å². The van der Waals surface area contributed by atoms with Crippen molar-refractivity contribution in [1.29, 1.82) is 0 Å². The van der Waals surface area contributed by atoms with E-state index in [-0.39, 0.29) is 23.7 Å². The monoisotopic (exact) mass is 475 g/mol. The summed E-state index contributed by atoms with van der Waals surface area (Å²) in [6.07, 6.45) is 5.44. The Bertz CT molecular complexity index is 1300. The van der Waals surface area contributed by atoms with Crippen molar-refractivity contribution in [2.24, 2.45) is 0 Å². The third kappa shape index (κ3) is 3.85. The van der Waals surface area contributed by atoms with Gasteiger partial charge >= 0.3 is 0 Å². The number of aliphatic hydroxyl groups is 1. The molecule has 170 valence electrons. The Morgan fingerprint density at radius 2 is 2.06 bits per heavy atom. The maximum atomic E-state index is 13.2. The van der Waals surface area contributed by atoms with Gasteiger partial charge in [0.05, 0.1) is 16.1 Å². The van der Waals surface area contributed by atoms with Gasteiger partial charge < -0.3 is 10.4 Å². The molecule has 0 atom stereocenters. The van der Waals surface area contributed by atoms with E-state index < -0.39 is 14.8 Å². The molecule has 2 aromatic heterocycles. The quantitative estimate of drug-likeness (QED) is 0.426. The average Bonchev–Trinajstić information content (AvgIpc) is 3.48. The lowest BCUT2D eigenvalue weighted by molar-refractivity contribution is 0.283. The van der Waals surface area contributed by atoms with Crippen LogP contribution in [0.4, 0.5) is 17.1 Å². The smallest absolute Gasteiger partial charge is 0.238 e. The molecular formula is C22H26ClN5O3S. The van der Waals surface area contributed by atoms with Crippen molar-refractivity contribution in [1.82, 2.24) is 14.6 Å². The SMILES string of the molecule is C=Cc1cc(CC)ccc1Nc1c(NS(=O)(=O)C2(CCO)CC2)cn2c(C)nnc2c1Cl. The minimum absolute atomic E-state index is 0.186. The normalized spacial score (nSPS) is 15.0. The Morgan fingerprint density at radius 3 is 2.69 bits per heavy atom. The van der Waals surface area contributed by atoms with Crippen LogP contribution in [-0.4, -0.2) is 39.5 Å². The second-order valence-corrected chi connectivity index (χ2v) is 10.5. The molecule has 1 fully saturated rings. The molecule has 4 rings (SSSR count). The molecule has 1 aliphatic carbocycles. The lowest BCUT2D eigenvalue weighted by Gasteiger charge is -2.21. The highest BCUT2D eigenvalue weighted by molar-refractivity contribution is 7.94. The largest absolute Gasteiger partial charge is 0.396 e. The molecule has 3 aromatic rings. The van der Waals surface area contributed by atoms with Gasteiger partial charge in [-0.1, -0.05) is 37.2 Å². The van der Waals surface area contributed by atoms with Crippen LogP contribution in [0.1, 0.15) is 43.1 Å². The maximum Gasteiger partial charge on any atom is 0.238 e. The Kier molecular flexibility index (Phi) is 5.91.